The molecule has 0 atom stereocenters. The van der Waals surface area contributed by atoms with Crippen LogP contribution in [0.1, 0.15) is 30.0 Å². The first-order valence-corrected chi connectivity index (χ1v) is 5.29. The van der Waals surface area contributed by atoms with Crippen LogP contribution < -0.4 is 154 Å². The number of phosphoric ester groups is 1. The van der Waals surface area contributed by atoms with Gasteiger partial charge in [0.1, 0.15) is 0 Å². The second-order valence-corrected chi connectivity index (χ2v) is 3.69. The number of hydrogen-bond donors (Lipinski definition) is 3. The maximum atomic E-state index is 10.3. The molecule has 1 aliphatic carbocycles. The molecule has 5 nitrogen and oxygen atoms in total. The van der Waals surface area contributed by atoms with Gasteiger partial charge in [-0.25, -0.2) is 4.57 Å². The smallest absolute Gasteiger partial charge is 1.00 e. The van der Waals surface area contributed by atoms with E-state index in [1.165, 1.54) is 0 Å². The minimum Gasteiger partial charge on any atom is -1.00 e. The summed E-state index contributed by atoms with van der Waals surface area (Å²) in [6.07, 6.45) is 3.40. The van der Waals surface area contributed by atoms with Gasteiger partial charge in [0, 0.05) is 7.11 Å². The van der Waals surface area contributed by atoms with Gasteiger partial charge < -0.3 is 19.2 Å². The Bertz CT molecular complexity index is 171. The first-order valence-electron chi connectivity index (χ1n) is 3.76. The third-order valence-corrected chi connectivity index (χ3v) is 2.16. The van der Waals surface area contributed by atoms with Crippen molar-refractivity contribution in [2.24, 2.45) is 0 Å². The second kappa shape index (κ2) is 17.0. The summed E-state index contributed by atoms with van der Waals surface area (Å²) in [5.74, 6) is 0. The molecule has 3 N–H and O–H groups in total. The van der Waals surface area contributed by atoms with E-state index < -0.39 is 7.82 Å². The molecular weight excluding hydrogens is 300 g/mol. The second-order valence-electron chi connectivity index (χ2n) is 2.50. The van der Waals surface area contributed by atoms with Gasteiger partial charge in [-0.1, -0.05) is 12.8 Å². The third-order valence-electron chi connectivity index (χ3n) is 1.59. The summed E-state index contributed by atoms with van der Waals surface area (Å²) in [7, 11) is -3.21. The van der Waals surface area contributed by atoms with E-state index in [-0.39, 0.29) is 165 Å². The molecule has 1 rings (SSSR count). The Morgan fingerprint density at radius 2 is 1.47 bits per heavy atom. The molecule has 0 aromatic rings. The zero-order valence-electron chi connectivity index (χ0n) is 13.0. The van der Waals surface area contributed by atoms with Gasteiger partial charge in [0.2, 0.25) is 0 Å². The average molecular weight is 318 g/mol. The van der Waals surface area contributed by atoms with Gasteiger partial charge in [-0.05, 0) is 12.8 Å². The Hall–Kier alpha value is 4.98. The zero-order chi connectivity index (χ0) is 9.61. The number of aliphatic hydroxyl groups excluding tert-OH is 1. The quantitative estimate of drug-likeness (QED) is 0.348. The first kappa shape index (κ1) is 28.2. The maximum absolute atomic E-state index is 10.3. The van der Waals surface area contributed by atoms with Crippen molar-refractivity contribution in [3.63, 3.8) is 0 Å². The van der Waals surface area contributed by atoms with Crippen molar-refractivity contribution in [1.29, 1.82) is 0 Å². The van der Waals surface area contributed by atoms with Gasteiger partial charge in [-0.15, -0.1) is 0 Å². The van der Waals surface area contributed by atoms with Crippen LogP contribution in [0.15, 0.2) is 0 Å². The summed E-state index contributed by atoms with van der Waals surface area (Å²) in [4.78, 5) is 16.7. The SMILES string of the molecule is CO.O=P(O)(O)OC1CCCC1.[H-].[H-].[H-].[K+].[K+].[K+]. The number of aliphatic hydroxyl groups is 1. The Balaban J connectivity index is -0.0000000289. The van der Waals surface area contributed by atoms with Crippen molar-refractivity contribution < 1.29 is 182 Å². The predicted molar refractivity (Wildman–Crippen MR) is 46.9 cm³/mol. The van der Waals surface area contributed by atoms with E-state index in [1.807, 2.05) is 0 Å². The summed E-state index contributed by atoms with van der Waals surface area (Å²) in [5, 5.41) is 7.00. The molecule has 0 unspecified atom stereocenters. The Morgan fingerprint density at radius 1 is 1.13 bits per heavy atom. The maximum Gasteiger partial charge on any atom is 1.00 e. The van der Waals surface area contributed by atoms with E-state index in [2.05, 4.69) is 4.52 Å². The molecule has 0 heterocycles. The Labute approximate surface area is 223 Å². The molecule has 80 valence electrons. The topological polar surface area (TPSA) is 87.0 Å². The van der Waals surface area contributed by atoms with E-state index in [1.54, 1.807) is 0 Å². The van der Waals surface area contributed by atoms with Crippen LogP contribution in [0.25, 0.3) is 0 Å². The van der Waals surface area contributed by atoms with E-state index in [0.717, 1.165) is 32.8 Å². The fraction of sp³-hybridized carbons (Fsp3) is 1.00. The molecule has 0 radical (unpaired) electrons. The summed E-state index contributed by atoms with van der Waals surface area (Å²) in [6, 6.07) is 0. The minimum atomic E-state index is -4.21. The van der Waals surface area contributed by atoms with Crippen molar-refractivity contribution in [3.8, 4) is 0 Å². The van der Waals surface area contributed by atoms with Gasteiger partial charge >= 0.3 is 162 Å². The monoisotopic (exact) mass is 318 g/mol. The standard InChI is InChI=1S/C5H11O4P.CH4O.3K.3H/c6-10(7,8)9-5-3-1-2-4-5;1-2;;;;;;/h5H,1-4H2,(H2,6,7,8);2H,1H3;;;;;;/q;;3*+1;3*-1. The van der Waals surface area contributed by atoms with Crippen LogP contribution in [0, 0.1) is 0 Å². The fourth-order valence-electron chi connectivity index (χ4n) is 1.19. The van der Waals surface area contributed by atoms with Crippen molar-refractivity contribution >= 4 is 7.82 Å². The predicted octanol–water partition coefficient (Wildman–Crippen LogP) is -8.00. The van der Waals surface area contributed by atoms with Gasteiger partial charge in [-0.2, -0.15) is 0 Å². The number of phosphoric acid groups is 1. The summed E-state index contributed by atoms with van der Waals surface area (Å²) in [6.45, 7) is 0. The molecule has 0 bridgehead atoms. The molecular formula is C6H18K3O5P. The molecule has 15 heavy (non-hydrogen) atoms. The third kappa shape index (κ3) is 19.0. The Morgan fingerprint density at radius 3 is 1.73 bits per heavy atom. The van der Waals surface area contributed by atoms with Crippen molar-refractivity contribution in [2.75, 3.05) is 7.11 Å². The zero-order valence-corrected chi connectivity index (χ0v) is 20.3. The van der Waals surface area contributed by atoms with E-state index >= 15 is 0 Å². The van der Waals surface area contributed by atoms with Crippen LogP contribution >= 0.6 is 7.82 Å². The van der Waals surface area contributed by atoms with Crippen LogP contribution in [-0.4, -0.2) is 28.1 Å². The normalized spacial score (nSPS) is 14.9. The van der Waals surface area contributed by atoms with Crippen LogP contribution in [0.2, 0.25) is 0 Å². The molecule has 1 aliphatic rings. The first-order chi connectivity index (χ1) is 5.58. The molecule has 0 amide bonds. The summed E-state index contributed by atoms with van der Waals surface area (Å²) < 4.78 is 14.7. The summed E-state index contributed by atoms with van der Waals surface area (Å²) in [5.41, 5.74) is 0. The molecule has 0 saturated heterocycles. The number of hydrogen-bond acceptors (Lipinski definition) is 3. The van der Waals surface area contributed by atoms with Crippen LogP contribution in [0.3, 0.4) is 0 Å². The molecule has 1 fully saturated rings. The molecule has 0 aromatic carbocycles. The molecule has 0 aliphatic heterocycles. The van der Waals surface area contributed by atoms with Crippen molar-refractivity contribution in [1.82, 2.24) is 0 Å². The largest absolute Gasteiger partial charge is 1.00 e. The van der Waals surface area contributed by atoms with Crippen LogP contribution in [0.5, 0.6) is 0 Å². The average Bonchev–Trinajstić information content (AvgIpc) is 2.41. The van der Waals surface area contributed by atoms with Crippen LogP contribution in [-0.2, 0) is 9.09 Å². The minimum absolute atomic E-state index is 0. The molecule has 0 spiro atoms. The molecule has 1 saturated carbocycles. The van der Waals surface area contributed by atoms with E-state index in [4.69, 9.17) is 14.9 Å². The molecule has 0 aromatic heterocycles. The van der Waals surface area contributed by atoms with Gasteiger partial charge in [0.15, 0.2) is 0 Å². The summed E-state index contributed by atoms with van der Waals surface area (Å²) >= 11 is 0. The van der Waals surface area contributed by atoms with Gasteiger partial charge in [0.25, 0.3) is 0 Å². The number of rotatable bonds is 2. The van der Waals surface area contributed by atoms with Gasteiger partial charge in [0.05, 0.1) is 6.10 Å². The van der Waals surface area contributed by atoms with E-state index in [0.29, 0.717) is 0 Å². The van der Waals surface area contributed by atoms with Crippen molar-refractivity contribution in [3.05, 3.63) is 0 Å². The van der Waals surface area contributed by atoms with Gasteiger partial charge in [-0.3, -0.25) is 4.52 Å². The molecule has 9 heteroatoms. The Kier molecular flexibility index (Phi) is 32.0. The fourth-order valence-corrected chi connectivity index (χ4v) is 1.79. The van der Waals surface area contributed by atoms with E-state index in [9.17, 15) is 4.57 Å². The van der Waals surface area contributed by atoms with Crippen molar-refractivity contribution in [2.45, 2.75) is 31.8 Å². The van der Waals surface area contributed by atoms with Crippen LogP contribution in [0.4, 0.5) is 0 Å².